The zero-order valence-corrected chi connectivity index (χ0v) is 15.4. The van der Waals surface area contributed by atoms with Gasteiger partial charge in [0.1, 0.15) is 22.6 Å². The molecule has 0 atom stereocenters. The summed E-state index contributed by atoms with van der Waals surface area (Å²) in [6.07, 6.45) is 0. The molecule has 3 rings (SSSR count). The number of hydrogen-bond donors (Lipinski definition) is 3. The third-order valence-electron chi connectivity index (χ3n) is 4.01. The first-order valence-electron chi connectivity index (χ1n) is 8.37. The molecule has 140 valence electrons. The Morgan fingerprint density at radius 1 is 1.19 bits per heavy atom. The van der Waals surface area contributed by atoms with Crippen molar-refractivity contribution in [1.29, 1.82) is 0 Å². The number of aromatic nitrogens is 3. The van der Waals surface area contributed by atoms with Crippen molar-refractivity contribution >= 4 is 22.8 Å². The average molecular weight is 367 g/mol. The summed E-state index contributed by atoms with van der Waals surface area (Å²) in [6, 6.07) is 10.5. The van der Waals surface area contributed by atoms with Crippen molar-refractivity contribution in [3.05, 3.63) is 53.5 Å². The highest BCUT2D eigenvalue weighted by Gasteiger charge is 2.19. The Morgan fingerprint density at radius 3 is 2.63 bits per heavy atom. The van der Waals surface area contributed by atoms with Crippen LogP contribution < -0.4 is 15.8 Å². The second-order valence-corrected chi connectivity index (χ2v) is 6.54. The van der Waals surface area contributed by atoms with Crippen LogP contribution in [0.3, 0.4) is 0 Å². The number of methoxy groups -OCH3 is 1. The van der Waals surface area contributed by atoms with E-state index in [9.17, 15) is 9.90 Å². The first-order valence-corrected chi connectivity index (χ1v) is 8.37. The number of para-hydroxylation sites is 1. The molecule has 27 heavy (non-hydrogen) atoms. The fourth-order valence-corrected chi connectivity index (χ4v) is 2.65. The van der Waals surface area contributed by atoms with Crippen LogP contribution in [0.25, 0.3) is 10.9 Å². The Morgan fingerprint density at radius 2 is 1.93 bits per heavy atom. The van der Waals surface area contributed by atoms with Crippen molar-refractivity contribution in [2.45, 2.75) is 26.0 Å². The number of rotatable bonds is 5. The number of nitrogens with zero attached hydrogens (tertiary/aromatic N) is 3. The number of fused-ring (bicyclic) bond motifs is 1. The number of ether oxygens (including phenoxy) is 1. The lowest BCUT2D eigenvalue weighted by molar-refractivity contribution is 0.0736. The van der Waals surface area contributed by atoms with Gasteiger partial charge in [-0.05, 0) is 32.0 Å². The van der Waals surface area contributed by atoms with Gasteiger partial charge in [0.15, 0.2) is 0 Å². The number of aliphatic hydroxyl groups is 1. The van der Waals surface area contributed by atoms with Crippen LogP contribution in [0.5, 0.6) is 5.75 Å². The summed E-state index contributed by atoms with van der Waals surface area (Å²) >= 11 is 0. The van der Waals surface area contributed by atoms with Gasteiger partial charge in [-0.3, -0.25) is 9.78 Å². The molecule has 8 nitrogen and oxygen atoms in total. The molecule has 3 aromatic rings. The molecule has 0 saturated heterocycles. The molecule has 0 spiro atoms. The highest BCUT2D eigenvalue weighted by atomic mass is 16.5. The lowest BCUT2D eigenvalue weighted by atomic mass is 10.0. The van der Waals surface area contributed by atoms with E-state index in [0.29, 0.717) is 28.0 Å². The van der Waals surface area contributed by atoms with Crippen LogP contribution in [0.15, 0.2) is 36.4 Å². The summed E-state index contributed by atoms with van der Waals surface area (Å²) in [6.45, 7) is 3.49. The topological polar surface area (TPSA) is 123 Å². The van der Waals surface area contributed by atoms with Gasteiger partial charge in [0.2, 0.25) is 5.95 Å². The molecular weight excluding hydrogens is 346 g/mol. The second-order valence-electron chi connectivity index (χ2n) is 6.54. The van der Waals surface area contributed by atoms with Crippen molar-refractivity contribution in [2.24, 2.45) is 0 Å². The van der Waals surface area contributed by atoms with Crippen LogP contribution in [0.4, 0.5) is 5.95 Å². The van der Waals surface area contributed by atoms with Gasteiger partial charge in [-0.2, -0.15) is 0 Å². The van der Waals surface area contributed by atoms with Gasteiger partial charge < -0.3 is 20.9 Å². The van der Waals surface area contributed by atoms with Crippen molar-refractivity contribution in [1.82, 2.24) is 20.3 Å². The molecule has 1 amide bonds. The lowest BCUT2D eigenvalue weighted by Gasteiger charge is -2.17. The van der Waals surface area contributed by atoms with E-state index in [2.05, 4.69) is 20.3 Å². The number of nitrogen functional groups attached to an aromatic ring is 1. The van der Waals surface area contributed by atoms with Crippen molar-refractivity contribution in [3.63, 3.8) is 0 Å². The van der Waals surface area contributed by atoms with Crippen molar-refractivity contribution in [2.75, 3.05) is 12.8 Å². The Hall–Kier alpha value is -3.26. The molecule has 4 N–H and O–H groups in total. The fourth-order valence-electron chi connectivity index (χ4n) is 2.65. The molecule has 0 aliphatic heterocycles. The van der Waals surface area contributed by atoms with Crippen LogP contribution >= 0.6 is 0 Å². The van der Waals surface area contributed by atoms with E-state index in [1.807, 2.05) is 0 Å². The van der Waals surface area contributed by atoms with E-state index in [-0.39, 0.29) is 18.2 Å². The van der Waals surface area contributed by atoms with Crippen LogP contribution in [0.2, 0.25) is 0 Å². The summed E-state index contributed by atoms with van der Waals surface area (Å²) in [5, 5.41) is 13.4. The highest BCUT2D eigenvalue weighted by molar-refractivity contribution is 6.05. The molecule has 0 unspecified atom stereocenters. The zero-order valence-electron chi connectivity index (χ0n) is 15.4. The average Bonchev–Trinajstić information content (AvgIpc) is 2.64. The minimum Gasteiger partial charge on any atom is -0.494 e. The van der Waals surface area contributed by atoms with Crippen LogP contribution in [0.1, 0.15) is 35.7 Å². The number of benzene rings is 1. The summed E-state index contributed by atoms with van der Waals surface area (Å²) in [7, 11) is 1.52. The van der Waals surface area contributed by atoms with E-state index in [1.165, 1.54) is 7.11 Å². The second kappa shape index (κ2) is 7.16. The number of anilines is 1. The Bertz CT molecular complexity index is 998. The monoisotopic (exact) mass is 367 g/mol. The minimum absolute atomic E-state index is 0.0145. The zero-order chi connectivity index (χ0) is 19.6. The summed E-state index contributed by atoms with van der Waals surface area (Å²) in [4.78, 5) is 25.3. The van der Waals surface area contributed by atoms with Gasteiger partial charge in [-0.15, -0.1) is 0 Å². The SMILES string of the molecule is COc1cccc2c(C(=O)NCc3cccc(C(C)(C)O)n3)nc(N)nc12. The van der Waals surface area contributed by atoms with Gasteiger partial charge in [-0.25, -0.2) is 9.97 Å². The molecule has 0 fully saturated rings. The molecule has 2 aromatic heterocycles. The van der Waals surface area contributed by atoms with Gasteiger partial charge in [-0.1, -0.05) is 18.2 Å². The normalized spacial score (nSPS) is 11.4. The fraction of sp³-hybridized carbons (Fsp3) is 0.263. The van der Waals surface area contributed by atoms with Crippen LogP contribution in [-0.4, -0.2) is 33.1 Å². The van der Waals surface area contributed by atoms with E-state index < -0.39 is 11.5 Å². The Kier molecular flexibility index (Phi) is 4.91. The molecular formula is C19H21N5O3. The summed E-state index contributed by atoms with van der Waals surface area (Å²) in [5.41, 5.74) is 6.48. The molecule has 0 saturated carbocycles. The molecule has 0 radical (unpaired) electrons. The Balaban J connectivity index is 1.87. The maximum absolute atomic E-state index is 12.7. The molecule has 0 aliphatic rings. The predicted molar refractivity (Wildman–Crippen MR) is 101 cm³/mol. The molecule has 2 heterocycles. The number of pyridine rings is 1. The molecule has 8 heteroatoms. The number of nitrogens with one attached hydrogen (secondary N) is 1. The maximum atomic E-state index is 12.7. The predicted octanol–water partition coefficient (Wildman–Crippen LogP) is 1.77. The van der Waals surface area contributed by atoms with Crippen LogP contribution in [0, 0.1) is 0 Å². The smallest absolute Gasteiger partial charge is 0.271 e. The number of carbonyl (C=O) groups excluding carboxylic acids is 1. The number of carbonyl (C=O) groups is 1. The van der Waals surface area contributed by atoms with Crippen molar-refractivity contribution in [3.8, 4) is 5.75 Å². The number of amides is 1. The van der Waals surface area contributed by atoms with Gasteiger partial charge >= 0.3 is 0 Å². The third-order valence-corrected chi connectivity index (χ3v) is 4.01. The molecule has 0 bridgehead atoms. The minimum atomic E-state index is -1.06. The van der Waals surface area contributed by atoms with E-state index in [4.69, 9.17) is 10.5 Å². The maximum Gasteiger partial charge on any atom is 0.271 e. The quantitative estimate of drug-likeness (QED) is 0.628. The van der Waals surface area contributed by atoms with Gasteiger partial charge in [0.05, 0.1) is 25.0 Å². The van der Waals surface area contributed by atoms with Crippen molar-refractivity contribution < 1.29 is 14.6 Å². The third kappa shape index (κ3) is 3.95. The van der Waals surface area contributed by atoms with Gasteiger partial charge in [0.25, 0.3) is 5.91 Å². The standard InChI is InChI=1S/C19H21N5O3/c1-19(2,26)14-9-4-6-11(22-14)10-21-17(25)16-12-7-5-8-13(27-3)15(12)23-18(20)24-16/h4-9,26H,10H2,1-3H3,(H,21,25)(H2,20,23,24). The largest absolute Gasteiger partial charge is 0.494 e. The summed E-state index contributed by atoms with van der Waals surface area (Å²) < 4.78 is 5.28. The highest BCUT2D eigenvalue weighted by Crippen LogP contribution is 2.26. The first kappa shape index (κ1) is 18.5. The number of hydrogen-bond acceptors (Lipinski definition) is 7. The molecule has 0 aliphatic carbocycles. The van der Waals surface area contributed by atoms with E-state index >= 15 is 0 Å². The Labute approximate surface area is 156 Å². The molecule has 1 aromatic carbocycles. The van der Waals surface area contributed by atoms with E-state index in [1.54, 1.807) is 50.2 Å². The number of nitrogens with two attached hydrogens (primary N) is 1. The summed E-state index contributed by atoms with van der Waals surface area (Å²) in [5.74, 6) is 0.0901. The van der Waals surface area contributed by atoms with Crippen LogP contribution in [-0.2, 0) is 12.1 Å². The first-order chi connectivity index (χ1) is 12.8. The van der Waals surface area contributed by atoms with E-state index in [0.717, 1.165) is 0 Å². The lowest BCUT2D eigenvalue weighted by Crippen LogP contribution is -2.26. The van der Waals surface area contributed by atoms with Gasteiger partial charge in [0, 0.05) is 5.39 Å².